The van der Waals surface area contributed by atoms with E-state index < -0.39 is 6.10 Å². The van der Waals surface area contributed by atoms with E-state index in [1.165, 1.54) is 0 Å². The number of aliphatic hydroxyl groups is 1. The molecule has 0 aliphatic heterocycles. The van der Waals surface area contributed by atoms with Gasteiger partial charge in [-0.1, -0.05) is 36.4 Å². The molecule has 114 valence electrons. The van der Waals surface area contributed by atoms with Gasteiger partial charge in [-0.3, -0.25) is 0 Å². The van der Waals surface area contributed by atoms with E-state index in [2.05, 4.69) is 40.1 Å². The molecule has 0 aliphatic rings. The lowest BCUT2D eigenvalue weighted by Crippen LogP contribution is -2.51. The minimum absolute atomic E-state index is 0.322. The molecule has 0 spiro atoms. The third-order valence-electron chi connectivity index (χ3n) is 4.26. The Morgan fingerprint density at radius 2 is 1.71 bits per heavy atom. The van der Waals surface area contributed by atoms with Crippen LogP contribution < -0.4 is 4.74 Å². The van der Waals surface area contributed by atoms with Gasteiger partial charge in [-0.15, -0.1) is 0 Å². The molecule has 3 heteroatoms. The molecule has 0 heterocycles. The fraction of sp³-hybridized carbons (Fsp3) is 0.444. The summed E-state index contributed by atoms with van der Waals surface area (Å²) in [5, 5.41) is 12.5. The van der Waals surface area contributed by atoms with Crippen molar-refractivity contribution in [3.05, 3.63) is 42.5 Å². The third-order valence-corrected chi connectivity index (χ3v) is 4.26. The highest BCUT2D eigenvalue weighted by molar-refractivity contribution is 5.88. The molecule has 0 saturated carbocycles. The summed E-state index contributed by atoms with van der Waals surface area (Å²) in [6, 6.07) is 14.6. The van der Waals surface area contributed by atoms with E-state index >= 15 is 0 Å². The van der Waals surface area contributed by atoms with Gasteiger partial charge in [0.05, 0.1) is 20.1 Å². The Bertz CT molecular complexity index is 587. The van der Waals surface area contributed by atoms with Crippen molar-refractivity contribution in [3.63, 3.8) is 0 Å². The number of benzene rings is 2. The molecule has 21 heavy (non-hydrogen) atoms. The number of ether oxygens (including phenoxy) is 1. The van der Waals surface area contributed by atoms with Crippen LogP contribution in [0.3, 0.4) is 0 Å². The topological polar surface area (TPSA) is 29.5 Å². The SMILES string of the molecule is CC(C)[N+](C)(C)C[C@H](O)COc1cccc2ccccc12. The summed E-state index contributed by atoms with van der Waals surface area (Å²) in [5.74, 6) is 0.835. The maximum Gasteiger partial charge on any atom is 0.137 e. The zero-order valence-electron chi connectivity index (χ0n) is 13.4. The van der Waals surface area contributed by atoms with Crippen LogP contribution in [0.1, 0.15) is 13.8 Å². The highest BCUT2D eigenvalue weighted by Gasteiger charge is 2.24. The standard InChI is InChI=1S/C18H26NO2/c1-14(2)19(3,4)12-16(20)13-21-18-11-7-9-15-8-5-6-10-17(15)18/h5-11,14,16,20H,12-13H2,1-4H3/q+1/t16-/m0/s1. The number of rotatable bonds is 6. The third kappa shape index (κ3) is 3.96. The smallest absolute Gasteiger partial charge is 0.137 e. The minimum atomic E-state index is -0.471. The monoisotopic (exact) mass is 288 g/mol. The van der Waals surface area contributed by atoms with Crippen LogP contribution in [0.25, 0.3) is 10.8 Å². The molecule has 2 aromatic rings. The van der Waals surface area contributed by atoms with E-state index in [9.17, 15) is 5.11 Å². The molecule has 0 bridgehead atoms. The summed E-state index contributed by atoms with van der Waals surface area (Å²) in [6.07, 6.45) is -0.471. The van der Waals surface area contributed by atoms with Crippen LogP contribution in [-0.2, 0) is 0 Å². The lowest BCUT2D eigenvalue weighted by molar-refractivity contribution is -0.914. The predicted octanol–water partition coefficient (Wildman–Crippen LogP) is 3.06. The molecular formula is C18H26NO2+. The highest BCUT2D eigenvalue weighted by Crippen LogP contribution is 2.25. The van der Waals surface area contributed by atoms with Crippen molar-refractivity contribution in [2.45, 2.75) is 26.0 Å². The second-order valence-electron chi connectivity index (χ2n) is 6.50. The van der Waals surface area contributed by atoms with Gasteiger partial charge in [-0.2, -0.15) is 0 Å². The number of fused-ring (bicyclic) bond motifs is 1. The van der Waals surface area contributed by atoms with Gasteiger partial charge in [0.15, 0.2) is 0 Å². The van der Waals surface area contributed by atoms with Gasteiger partial charge in [-0.05, 0) is 25.3 Å². The first-order valence-electron chi connectivity index (χ1n) is 7.51. The van der Waals surface area contributed by atoms with Crippen LogP contribution in [0.15, 0.2) is 42.5 Å². The number of hydrogen-bond acceptors (Lipinski definition) is 2. The van der Waals surface area contributed by atoms with Crippen LogP contribution in [-0.4, -0.2) is 49.0 Å². The molecule has 0 unspecified atom stereocenters. The summed E-state index contributed by atoms with van der Waals surface area (Å²) >= 11 is 0. The van der Waals surface area contributed by atoms with Crippen molar-refractivity contribution in [3.8, 4) is 5.75 Å². The molecule has 0 aliphatic carbocycles. The summed E-state index contributed by atoms with van der Waals surface area (Å²) in [4.78, 5) is 0. The molecule has 0 amide bonds. The van der Waals surface area contributed by atoms with Crippen molar-refractivity contribution in [1.29, 1.82) is 0 Å². The summed E-state index contributed by atoms with van der Waals surface area (Å²) in [6.45, 7) is 5.33. The van der Waals surface area contributed by atoms with Crippen molar-refractivity contribution in [2.24, 2.45) is 0 Å². The maximum absolute atomic E-state index is 10.2. The molecule has 1 N–H and O–H groups in total. The summed E-state index contributed by atoms with van der Waals surface area (Å²) < 4.78 is 6.62. The fourth-order valence-corrected chi connectivity index (χ4v) is 2.31. The number of likely N-dealkylation sites (N-methyl/N-ethyl adjacent to an activating group) is 1. The second-order valence-corrected chi connectivity index (χ2v) is 6.50. The molecule has 0 radical (unpaired) electrons. The van der Waals surface area contributed by atoms with Crippen LogP contribution >= 0.6 is 0 Å². The molecule has 2 aromatic carbocycles. The van der Waals surface area contributed by atoms with Gasteiger partial charge < -0.3 is 14.3 Å². The van der Waals surface area contributed by atoms with E-state index in [1.54, 1.807) is 0 Å². The molecule has 3 nitrogen and oxygen atoms in total. The Morgan fingerprint density at radius 1 is 1.05 bits per heavy atom. The van der Waals surface area contributed by atoms with E-state index in [4.69, 9.17) is 4.74 Å². The number of quaternary nitrogens is 1. The lowest BCUT2D eigenvalue weighted by Gasteiger charge is -2.35. The summed E-state index contributed by atoms with van der Waals surface area (Å²) in [7, 11) is 4.26. The zero-order valence-corrected chi connectivity index (χ0v) is 13.4. The molecule has 2 rings (SSSR count). The van der Waals surface area contributed by atoms with Crippen molar-refractivity contribution in [1.82, 2.24) is 0 Å². The largest absolute Gasteiger partial charge is 0.490 e. The van der Waals surface area contributed by atoms with Gasteiger partial charge in [-0.25, -0.2) is 0 Å². The first-order chi connectivity index (χ1) is 9.90. The summed E-state index contributed by atoms with van der Waals surface area (Å²) in [5.41, 5.74) is 0. The van der Waals surface area contributed by atoms with Gasteiger partial charge in [0.2, 0.25) is 0 Å². The average molecular weight is 288 g/mol. The van der Waals surface area contributed by atoms with Crippen LogP contribution in [0, 0.1) is 0 Å². The van der Waals surface area contributed by atoms with Gasteiger partial charge in [0.25, 0.3) is 0 Å². The Kier molecular flexibility index (Phi) is 4.86. The van der Waals surface area contributed by atoms with Crippen molar-refractivity contribution < 1.29 is 14.3 Å². The van der Waals surface area contributed by atoms with E-state index in [1.807, 2.05) is 30.3 Å². The van der Waals surface area contributed by atoms with E-state index in [0.717, 1.165) is 21.0 Å². The quantitative estimate of drug-likeness (QED) is 0.828. The van der Waals surface area contributed by atoms with Gasteiger partial charge in [0.1, 0.15) is 25.0 Å². The molecule has 0 saturated heterocycles. The normalized spacial score (nSPS) is 13.6. The van der Waals surface area contributed by atoms with Crippen LogP contribution in [0.4, 0.5) is 0 Å². The average Bonchev–Trinajstić information content (AvgIpc) is 2.44. The molecule has 0 fully saturated rings. The van der Waals surface area contributed by atoms with E-state index in [0.29, 0.717) is 19.2 Å². The predicted molar refractivity (Wildman–Crippen MR) is 87.6 cm³/mol. The van der Waals surface area contributed by atoms with E-state index in [-0.39, 0.29) is 0 Å². The molecule has 1 atom stereocenters. The number of aliphatic hydroxyl groups excluding tert-OH is 1. The second kappa shape index (κ2) is 6.46. The Balaban J connectivity index is 2.02. The lowest BCUT2D eigenvalue weighted by atomic mass is 10.1. The molecular weight excluding hydrogens is 262 g/mol. The minimum Gasteiger partial charge on any atom is -0.490 e. The zero-order chi connectivity index (χ0) is 15.5. The van der Waals surface area contributed by atoms with Crippen molar-refractivity contribution >= 4 is 10.8 Å². The Morgan fingerprint density at radius 3 is 2.43 bits per heavy atom. The van der Waals surface area contributed by atoms with Gasteiger partial charge >= 0.3 is 0 Å². The van der Waals surface area contributed by atoms with Crippen LogP contribution in [0.5, 0.6) is 5.75 Å². The first-order valence-corrected chi connectivity index (χ1v) is 7.51. The Labute approximate surface area is 127 Å². The maximum atomic E-state index is 10.2. The number of hydrogen-bond donors (Lipinski definition) is 1. The number of nitrogens with zero attached hydrogens (tertiary/aromatic N) is 1. The highest BCUT2D eigenvalue weighted by atomic mass is 16.5. The first kappa shape index (κ1) is 15.8. The molecule has 0 aromatic heterocycles. The van der Waals surface area contributed by atoms with Crippen molar-refractivity contribution in [2.75, 3.05) is 27.2 Å². The fourth-order valence-electron chi connectivity index (χ4n) is 2.31. The van der Waals surface area contributed by atoms with Gasteiger partial charge in [0, 0.05) is 5.39 Å². The Hall–Kier alpha value is -1.58. The van der Waals surface area contributed by atoms with Crippen LogP contribution in [0.2, 0.25) is 0 Å².